The molecule has 4 nitrogen and oxygen atoms in total. The molecule has 0 aromatic heterocycles. The molecule has 3 rings (SSSR count). The second-order valence-electron chi connectivity index (χ2n) is 6.72. The Morgan fingerprint density at radius 2 is 1.69 bits per heavy atom. The van der Waals surface area contributed by atoms with Gasteiger partial charge in [-0.1, -0.05) is 54.1 Å². The lowest BCUT2D eigenvalue weighted by Gasteiger charge is -2.38. The van der Waals surface area contributed by atoms with Crippen molar-refractivity contribution in [3.63, 3.8) is 0 Å². The maximum atomic E-state index is 12.4. The van der Waals surface area contributed by atoms with Gasteiger partial charge in [0.1, 0.15) is 0 Å². The smallest absolute Gasteiger partial charge is 0.317 e. The number of hydrogen-bond acceptors (Lipinski definition) is 2. The van der Waals surface area contributed by atoms with Crippen LogP contribution in [0.1, 0.15) is 24.1 Å². The van der Waals surface area contributed by atoms with Gasteiger partial charge in [0.25, 0.3) is 0 Å². The van der Waals surface area contributed by atoms with Gasteiger partial charge in [0.2, 0.25) is 0 Å². The molecule has 2 amide bonds. The van der Waals surface area contributed by atoms with Gasteiger partial charge in [0.05, 0.1) is 0 Å². The van der Waals surface area contributed by atoms with Crippen LogP contribution in [0.5, 0.6) is 0 Å². The van der Waals surface area contributed by atoms with E-state index < -0.39 is 0 Å². The molecule has 1 atom stereocenters. The first-order chi connectivity index (χ1) is 12.6. The number of amides is 2. The summed E-state index contributed by atoms with van der Waals surface area (Å²) < 4.78 is 0. The number of carbonyl (C=O) groups excluding carboxylic acids is 1. The minimum atomic E-state index is 0.0333. The third-order valence-electron chi connectivity index (χ3n) is 5.03. The molecule has 1 heterocycles. The van der Waals surface area contributed by atoms with Crippen LogP contribution >= 0.6 is 11.6 Å². The monoisotopic (exact) mass is 371 g/mol. The number of rotatable bonds is 5. The molecule has 0 saturated carbocycles. The summed E-state index contributed by atoms with van der Waals surface area (Å²) in [4.78, 5) is 16.7. The standard InChI is InChI=1S/C21H26ClN3O/c1-17(19-5-3-2-4-6-19)24-13-15-25(16-14-24)21(26)23-12-11-18-7-9-20(22)10-8-18/h2-10,17H,11-16H2,1H3,(H,23,26). The van der Waals surface area contributed by atoms with E-state index in [0.29, 0.717) is 12.6 Å². The molecule has 1 aliphatic rings. The molecule has 138 valence electrons. The predicted molar refractivity (Wildman–Crippen MR) is 107 cm³/mol. The number of halogens is 1. The van der Waals surface area contributed by atoms with Gasteiger partial charge in [-0.15, -0.1) is 0 Å². The molecule has 26 heavy (non-hydrogen) atoms. The van der Waals surface area contributed by atoms with Crippen LogP contribution in [0.15, 0.2) is 54.6 Å². The van der Waals surface area contributed by atoms with Crippen molar-refractivity contribution in [2.75, 3.05) is 32.7 Å². The van der Waals surface area contributed by atoms with Crippen LogP contribution in [-0.2, 0) is 6.42 Å². The number of piperazine rings is 1. The Bertz CT molecular complexity index is 697. The minimum Gasteiger partial charge on any atom is -0.338 e. The highest BCUT2D eigenvalue weighted by Gasteiger charge is 2.24. The molecule has 1 unspecified atom stereocenters. The lowest BCUT2D eigenvalue weighted by Crippen LogP contribution is -2.52. The van der Waals surface area contributed by atoms with Crippen molar-refractivity contribution in [3.05, 3.63) is 70.7 Å². The summed E-state index contributed by atoms with van der Waals surface area (Å²) in [5.41, 5.74) is 2.50. The zero-order valence-corrected chi connectivity index (χ0v) is 16.0. The first kappa shape index (κ1) is 18.7. The van der Waals surface area contributed by atoms with Crippen LogP contribution in [0, 0.1) is 0 Å². The Morgan fingerprint density at radius 1 is 1.04 bits per heavy atom. The van der Waals surface area contributed by atoms with Crippen molar-refractivity contribution < 1.29 is 4.79 Å². The lowest BCUT2D eigenvalue weighted by molar-refractivity contribution is 0.114. The lowest BCUT2D eigenvalue weighted by atomic mass is 10.1. The van der Waals surface area contributed by atoms with Gasteiger partial charge >= 0.3 is 6.03 Å². The summed E-state index contributed by atoms with van der Waals surface area (Å²) >= 11 is 5.89. The SMILES string of the molecule is CC(c1ccccc1)N1CCN(C(=O)NCCc2ccc(Cl)cc2)CC1. The molecular weight excluding hydrogens is 346 g/mol. The van der Waals surface area contributed by atoms with E-state index in [0.717, 1.165) is 37.6 Å². The molecule has 1 saturated heterocycles. The fraction of sp³-hybridized carbons (Fsp3) is 0.381. The molecule has 0 bridgehead atoms. The van der Waals surface area contributed by atoms with Crippen molar-refractivity contribution in [2.24, 2.45) is 0 Å². The van der Waals surface area contributed by atoms with E-state index in [9.17, 15) is 4.79 Å². The molecule has 5 heteroatoms. The van der Waals surface area contributed by atoms with Gasteiger partial charge in [-0.3, -0.25) is 4.90 Å². The van der Waals surface area contributed by atoms with Gasteiger partial charge in [-0.2, -0.15) is 0 Å². The Hall–Kier alpha value is -2.04. The Balaban J connectivity index is 1.41. The van der Waals surface area contributed by atoms with Crippen molar-refractivity contribution in [3.8, 4) is 0 Å². The summed E-state index contributed by atoms with van der Waals surface area (Å²) in [6.45, 7) is 6.22. The quantitative estimate of drug-likeness (QED) is 0.863. The Labute approximate surface area is 160 Å². The van der Waals surface area contributed by atoms with Crippen LogP contribution < -0.4 is 5.32 Å². The summed E-state index contributed by atoms with van der Waals surface area (Å²) in [6, 6.07) is 18.7. The van der Waals surface area contributed by atoms with E-state index in [1.807, 2.05) is 35.2 Å². The average Bonchev–Trinajstić information content (AvgIpc) is 2.69. The van der Waals surface area contributed by atoms with Gasteiger partial charge < -0.3 is 10.2 Å². The van der Waals surface area contributed by atoms with Crippen LogP contribution in [0.3, 0.4) is 0 Å². The predicted octanol–water partition coefficient (Wildman–Crippen LogP) is 3.97. The number of nitrogens with one attached hydrogen (secondary N) is 1. The highest BCUT2D eigenvalue weighted by Crippen LogP contribution is 2.21. The summed E-state index contributed by atoms with van der Waals surface area (Å²) in [5, 5.41) is 3.76. The van der Waals surface area contributed by atoms with E-state index >= 15 is 0 Å². The van der Waals surface area contributed by atoms with Crippen LogP contribution in [-0.4, -0.2) is 48.6 Å². The summed E-state index contributed by atoms with van der Waals surface area (Å²) in [6.07, 6.45) is 0.813. The van der Waals surface area contributed by atoms with Crippen LogP contribution in [0.25, 0.3) is 0 Å². The number of carbonyl (C=O) groups is 1. The Kier molecular flexibility index (Phi) is 6.53. The van der Waals surface area contributed by atoms with E-state index in [-0.39, 0.29) is 6.03 Å². The molecule has 0 spiro atoms. The molecule has 0 aliphatic carbocycles. The number of benzene rings is 2. The maximum absolute atomic E-state index is 12.4. The van der Waals surface area contributed by atoms with Crippen LogP contribution in [0.4, 0.5) is 4.79 Å². The van der Waals surface area contributed by atoms with E-state index in [2.05, 4.69) is 41.4 Å². The number of hydrogen-bond donors (Lipinski definition) is 1. The first-order valence-corrected chi connectivity index (χ1v) is 9.57. The second-order valence-corrected chi connectivity index (χ2v) is 7.15. The maximum Gasteiger partial charge on any atom is 0.317 e. The minimum absolute atomic E-state index is 0.0333. The molecule has 1 fully saturated rings. The van der Waals surface area contributed by atoms with E-state index in [1.165, 1.54) is 11.1 Å². The first-order valence-electron chi connectivity index (χ1n) is 9.20. The van der Waals surface area contributed by atoms with Crippen molar-refractivity contribution in [1.29, 1.82) is 0 Å². The van der Waals surface area contributed by atoms with Gasteiger partial charge in [0, 0.05) is 43.8 Å². The van der Waals surface area contributed by atoms with E-state index in [1.54, 1.807) is 0 Å². The van der Waals surface area contributed by atoms with Gasteiger partial charge in [-0.05, 0) is 36.6 Å². The van der Waals surface area contributed by atoms with Crippen molar-refractivity contribution in [2.45, 2.75) is 19.4 Å². The normalized spacial score (nSPS) is 16.3. The number of nitrogens with zero attached hydrogens (tertiary/aromatic N) is 2. The molecular formula is C21H26ClN3O. The Morgan fingerprint density at radius 3 is 2.35 bits per heavy atom. The van der Waals surface area contributed by atoms with Crippen molar-refractivity contribution in [1.82, 2.24) is 15.1 Å². The van der Waals surface area contributed by atoms with Gasteiger partial charge in [-0.25, -0.2) is 4.79 Å². The summed E-state index contributed by atoms with van der Waals surface area (Å²) in [7, 11) is 0. The zero-order chi connectivity index (χ0) is 18.4. The highest BCUT2D eigenvalue weighted by molar-refractivity contribution is 6.30. The van der Waals surface area contributed by atoms with Crippen molar-refractivity contribution >= 4 is 17.6 Å². The third-order valence-corrected chi connectivity index (χ3v) is 5.29. The zero-order valence-electron chi connectivity index (χ0n) is 15.2. The highest BCUT2D eigenvalue weighted by atomic mass is 35.5. The van der Waals surface area contributed by atoms with Gasteiger partial charge in [0.15, 0.2) is 0 Å². The molecule has 1 aliphatic heterocycles. The molecule has 2 aromatic carbocycles. The van der Waals surface area contributed by atoms with Crippen LogP contribution in [0.2, 0.25) is 5.02 Å². The summed E-state index contributed by atoms with van der Waals surface area (Å²) in [5.74, 6) is 0. The van der Waals surface area contributed by atoms with E-state index in [4.69, 9.17) is 11.6 Å². The average molecular weight is 372 g/mol. The number of urea groups is 1. The third kappa shape index (κ3) is 4.99. The topological polar surface area (TPSA) is 35.6 Å². The second kappa shape index (κ2) is 9.06. The molecule has 0 radical (unpaired) electrons. The molecule has 2 aromatic rings. The molecule has 1 N–H and O–H groups in total. The fourth-order valence-corrected chi connectivity index (χ4v) is 3.46. The largest absolute Gasteiger partial charge is 0.338 e. The fourth-order valence-electron chi connectivity index (χ4n) is 3.33.